The highest BCUT2D eigenvalue weighted by Gasteiger charge is 2.27. The molecule has 0 amide bonds. The number of aromatic nitrogens is 2. The van der Waals surface area contributed by atoms with E-state index in [-0.39, 0.29) is 0 Å². The SMILES string of the molecule is CCCN(CC)c1nc2c(C)c(Br)c(Br)cc2n1C1CCC1. The number of fused-ring (bicyclic) bond motifs is 1. The van der Waals surface area contributed by atoms with E-state index in [0.29, 0.717) is 6.04 Å². The van der Waals surface area contributed by atoms with E-state index < -0.39 is 0 Å². The molecule has 0 N–H and O–H groups in total. The van der Waals surface area contributed by atoms with Gasteiger partial charge in [-0.15, -0.1) is 0 Å². The Kier molecular flexibility index (Phi) is 4.83. The van der Waals surface area contributed by atoms with Crippen LogP contribution >= 0.6 is 31.9 Å². The fraction of sp³-hybridized carbons (Fsp3) is 0.588. The first kappa shape index (κ1) is 16.3. The predicted octanol–water partition coefficient (Wildman–Crippen LogP) is 5.83. The van der Waals surface area contributed by atoms with Crippen LogP contribution in [0.3, 0.4) is 0 Å². The molecule has 1 heterocycles. The number of benzene rings is 1. The van der Waals surface area contributed by atoms with Crippen molar-refractivity contribution < 1.29 is 0 Å². The van der Waals surface area contributed by atoms with Gasteiger partial charge in [0.15, 0.2) is 0 Å². The standard InChI is InChI=1S/C17H23Br2N3/c1-4-9-21(5-2)17-20-16-11(3)15(19)13(18)10-14(16)22(17)12-7-6-8-12/h10,12H,4-9H2,1-3H3. The molecule has 1 saturated carbocycles. The zero-order chi connectivity index (χ0) is 15.9. The Balaban J connectivity index is 2.24. The summed E-state index contributed by atoms with van der Waals surface area (Å²) < 4.78 is 4.72. The lowest BCUT2D eigenvalue weighted by molar-refractivity contribution is 0.320. The van der Waals surface area contributed by atoms with Gasteiger partial charge in [-0.05, 0) is 83.0 Å². The zero-order valence-electron chi connectivity index (χ0n) is 13.5. The second-order valence-corrected chi connectivity index (χ2v) is 7.76. The molecule has 1 fully saturated rings. The van der Waals surface area contributed by atoms with E-state index in [1.54, 1.807) is 0 Å². The maximum Gasteiger partial charge on any atom is 0.206 e. The highest BCUT2D eigenvalue weighted by atomic mass is 79.9. The van der Waals surface area contributed by atoms with Crippen LogP contribution in [0.15, 0.2) is 15.0 Å². The van der Waals surface area contributed by atoms with Gasteiger partial charge in [-0.1, -0.05) is 6.92 Å². The monoisotopic (exact) mass is 427 g/mol. The molecule has 0 atom stereocenters. The van der Waals surface area contributed by atoms with E-state index in [0.717, 1.165) is 39.9 Å². The van der Waals surface area contributed by atoms with Gasteiger partial charge in [0.05, 0.1) is 11.0 Å². The van der Waals surface area contributed by atoms with Gasteiger partial charge in [-0.2, -0.15) is 0 Å². The van der Waals surface area contributed by atoms with Crippen molar-refractivity contribution in [2.24, 2.45) is 0 Å². The van der Waals surface area contributed by atoms with Gasteiger partial charge in [0.25, 0.3) is 0 Å². The lowest BCUT2D eigenvalue weighted by Gasteiger charge is -2.32. The third kappa shape index (κ3) is 2.60. The zero-order valence-corrected chi connectivity index (χ0v) is 16.7. The van der Waals surface area contributed by atoms with E-state index in [2.05, 4.69) is 68.2 Å². The van der Waals surface area contributed by atoms with Gasteiger partial charge < -0.3 is 9.47 Å². The number of aryl methyl sites for hydroxylation is 1. The molecule has 1 aliphatic rings. The minimum absolute atomic E-state index is 0.610. The second kappa shape index (κ2) is 6.52. The first-order valence-corrected chi connectivity index (χ1v) is 9.78. The quantitative estimate of drug-likeness (QED) is 0.597. The molecule has 0 aliphatic heterocycles. The van der Waals surface area contributed by atoms with Crippen molar-refractivity contribution in [2.75, 3.05) is 18.0 Å². The van der Waals surface area contributed by atoms with Crippen molar-refractivity contribution in [3.63, 3.8) is 0 Å². The number of anilines is 1. The lowest BCUT2D eigenvalue weighted by Crippen LogP contribution is -2.29. The molecule has 0 unspecified atom stereocenters. The van der Waals surface area contributed by atoms with Crippen LogP contribution in [0.5, 0.6) is 0 Å². The molecular formula is C17H23Br2N3. The van der Waals surface area contributed by atoms with Crippen molar-refractivity contribution in [3.8, 4) is 0 Å². The summed E-state index contributed by atoms with van der Waals surface area (Å²) >= 11 is 7.36. The molecule has 0 spiro atoms. The summed E-state index contributed by atoms with van der Waals surface area (Å²) in [6.45, 7) is 8.67. The molecule has 3 rings (SSSR count). The number of imidazole rings is 1. The van der Waals surface area contributed by atoms with Gasteiger partial charge in [0.1, 0.15) is 0 Å². The topological polar surface area (TPSA) is 21.1 Å². The first-order chi connectivity index (χ1) is 10.6. The first-order valence-electron chi connectivity index (χ1n) is 8.19. The molecule has 3 nitrogen and oxygen atoms in total. The van der Waals surface area contributed by atoms with E-state index >= 15 is 0 Å². The van der Waals surface area contributed by atoms with Crippen LogP contribution in [0.4, 0.5) is 5.95 Å². The third-order valence-electron chi connectivity index (χ3n) is 4.68. The number of hydrogen-bond donors (Lipinski definition) is 0. The largest absolute Gasteiger partial charge is 0.343 e. The molecule has 22 heavy (non-hydrogen) atoms. The summed E-state index contributed by atoms with van der Waals surface area (Å²) in [7, 11) is 0. The van der Waals surface area contributed by atoms with Crippen molar-refractivity contribution in [1.29, 1.82) is 0 Å². The number of hydrogen-bond acceptors (Lipinski definition) is 2. The number of rotatable bonds is 5. The molecular weight excluding hydrogens is 406 g/mol. The highest BCUT2D eigenvalue weighted by molar-refractivity contribution is 9.13. The van der Waals surface area contributed by atoms with E-state index in [1.165, 1.54) is 30.3 Å². The van der Waals surface area contributed by atoms with Crippen molar-refractivity contribution >= 4 is 48.8 Å². The Morgan fingerprint density at radius 2 is 2.05 bits per heavy atom. The van der Waals surface area contributed by atoms with Gasteiger partial charge in [0, 0.05) is 28.1 Å². The molecule has 1 aromatic carbocycles. The van der Waals surface area contributed by atoms with E-state index in [1.807, 2.05) is 0 Å². The average molecular weight is 429 g/mol. The van der Waals surface area contributed by atoms with Gasteiger partial charge in [0.2, 0.25) is 5.95 Å². The smallest absolute Gasteiger partial charge is 0.206 e. The predicted molar refractivity (Wildman–Crippen MR) is 101 cm³/mol. The molecule has 120 valence electrons. The second-order valence-electron chi connectivity index (χ2n) is 6.11. The molecule has 0 saturated heterocycles. The van der Waals surface area contributed by atoms with Crippen molar-refractivity contribution in [1.82, 2.24) is 9.55 Å². The minimum Gasteiger partial charge on any atom is -0.343 e. The van der Waals surface area contributed by atoms with E-state index in [9.17, 15) is 0 Å². The maximum atomic E-state index is 5.04. The molecule has 1 aromatic heterocycles. The van der Waals surface area contributed by atoms with Crippen LogP contribution in [0.25, 0.3) is 11.0 Å². The Bertz CT molecular complexity index is 689. The van der Waals surface area contributed by atoms with Crippen LogP contribution in [-0.2, 0) is 0 Å². The Hall–Kier alpha value is -0.550. The van der Waals surface area contributed by atoms with Gasteiger partial charge in [-0.3, -0.25) is 0 Å². The molecule has 1 aliphatic carbocycles. The van der Waals surface area contributed by atoms with E-state index in [4.69, 9.17) is 4.98 Å². The van der Waals surface area contributed by atoms with Crippen LogP contribution in [0.1, 0.15) is 51.1 Å². The fourth-order valence-electron chi connectivity index (χ4n) is 3.21. The summed E-state index contributed by atoms with van der Waals surface area (Å²) in [6, 6.07) is 2.83. The van der Waals surface area contributed by atoms with Crippen LogP contribution in [-0.4, -0.2) is 22.6 Å². The minimum atomic E-state index is 0.610. The van der Waals surface area contributed by atoms with Crippen molar-refractivity contribution in [2.45, 2.75) is 52.5 Å². The van der Waals surface area contributed by atoms with Crippen molar-refractivity contribution in [3.05, 3.63) is 20.6 Å². The normalized spacial score (nSPS) is 15.3. The Labute approximate surface area is 149 Å². The molecule has 0 bridgehead atoms. The Morgan fingerprint density at radius 3 is 2.59 bits per heavy atom. The molecule has 2 aromatic rings. The van der Waals surface area contributed by atoms with Crippen LogP contribution in [0.2, 0.25) is 0 Å². The number of halogens is 2. The third-order valence-corrected chi connectivity index (χ3v) is 6.86. The average Bonchev–Trinajstić information content (AvgIpc) is 2.80. The summed E-state index contributed by atoms with van der Waals surface area (Å²) in [4.78, 5) is 7.46. The summed E-state index contributed by atoms with van der Waals surface area (Å²) in [6.07, 6.45) is 5.03. The van der Waals surface area contributed by atoms with Crippen LogP contribution < -0.4 is 4.90 Å². The van der Waals surface area contributed by atoms with Gasteiger partial charge >= 0.3 is 0 Å². The molecule has 5 heteroatoms. The summed E-state index contributed by atoms with van der Waals surface area (Å²) in [5, 5.41) is 0. The fourth-order valence-corrected chi connectivity index (χ4v) is 4.03. The van der Waals surface area contributed by atoms with Crippen LogP contribution in [0, 0.1) is 6.92 Å². The molecule has 0 radical (unpaired) electrons. The lowest BCUT2D eigenvalue weighted by atomic mass is 9.92. The highest BCUT2D eigenvalue weighted by Crippen LogP contribution is 2.41. The summed E-state index contributed by atoms with van der Waals surface area (Å²) in [5.74, 6) is 1.15. The van der Waals surface area contributed by atoms with Gasteiger partial charge in [-0.25, -0.2) is 4.98 Å². The summed E-state index contributed by atoms with van der Waals surface area (Å²) in [5.41, 5.74) is 3.62. The Morgan fingerprint density at radius 1 is 1.32 bits per heavy atom. The maximum absolute atomic E-state index is 5.04. The number of nitrogens with zero attached hydrogens (tertiary/aromatic N) is 3.